The van der Waals surface area contributed by atoms with Crippen LogP contribution in [-0.2, 0) is 9.84 Å². The van der Waals surface area contributed by atoms with E-state index in [0.717, 1.165) is 25.3 Å². The molecule has 0 aliphatic carbocycles. The number of hydrogen-bond donors (Lipinski definition) is 1. The van der Waals surface area contributed by atoms with E-state index in [4.69, 9.17) is 9.84 Å². The van der Waals surface area contributed by atoms with Crippen LogP contribution in [0, 0.1) is 0 Å². The Bertz CT molecular complexity index is 604. The first-order valence-corrected chi connectivity index (χ1v) is 8.32. The second kappa shape index (κ2) is 7.83. The summed E-state index contributed by atoms with van der Waals surface area (Å²) >= 11 is 0. The summed E-state index contributed by atoms with van der Waals surface area (Å²) in [7, 11) is -2.13. The van der Waals surface area contributed by atoms with Crippen molar-refractivity contribution < 1.29 is 23.1 Å². The van der Waals surface area contributed by atoms with Crippen LogP contribution in [0.4, 0.5) is 0 Å². The summed E-state index contributed by atoms with van der Waals surface area (Å²) in [6.07, 6.45) is 4.92. The number of carbonyl (C=O) groups is 1. The highest BCUT2D eigenvalue weighted by Crippen LogP contribution is 2.23. The Morgan fingerprint density at radius 1 is 1.33 bits per heavy atom. The van der Waals surface area contributed by atoms with Crippen molar-refractivity contribution in [3.8, 4) is 5.75 Å². The second-order valence-electron chi connectivity index (χ2n) is 4.62. The van der Waals surface area contributed by atoms with Crippen molar-refractivity contribution in [3.63, 3.8) is 0 Å². The molecule has 116 valence electrons. The minimum atomic E-state index is -3.47. The number of carboxylic acid groups (broad SMARTS) is 1. The van der Waals surface area contributed by atoms with Crippen LogP contribution in [0.25, 0.3) is 0 Å². The van der Waals surface area contributed by atoms with Crippen LogP contribution in [0.3, 0.4) is 0 Å². The number of aromatic carboxylic acids is 1. The maximum atomic E-state index is 12.2. The van der Waals surface area contributed by atoms with Crippen LogP contribution < -0.4 is 4.74 Å². The van der Waals surface area contributed by atoms with E-state index in [9.17, 15) is 13.2 Å². The molecule has 0 saturated heterocycles. The quantitative estimate of drug-likeness (QED) is 0.560. The fourth-order valence-electron chi connectivity index (χ4n) is 1.92. The van der Waals surface area contributed by atoms with Gasteiger partial charge in [-0.3, -0.25) is 0 Å². The number of methoxy groups -OCH3 is 1. The summed E-state index contributed by atoms with van der Waals surface area (Å²) in [5, 5.41) is 9.08. The predicted molar refractivity (Wildman–Crippen MR) is 80.7 cm³/mol. The Kier molecular flexibility index (Phi) is 6.42. The van der Waals surface area contributed by atoms with Gasteiger partial charge in [-0.05, 0) is 37.5 Å². The highest BCUT2D eigenvalue weighted by Gasteiger charge is 2.19. The Hall–Kier alpha value is -1.82. The van der Waals surface area contributed by atoms with Gasteiger partial charge in [-0.15, -0.1) is 6.58 Å². The highest BCUT2D eigenvalue weighted by atomic mass is 32.2. The fraction of sp³-hybridized carbons (Fsp3) is 0.400. The van der Waals surface area contributed by atoms with Crippen LogP contribution in [0.15, 0.2) is 35.7 Å². The molecule has 1 aromatic rings. The number of ether oxygens (including phenoxy) is 1. The van der Waals surface area contributed by atoms with Gasteiger partial charge in [0.25, 0.3) is 0 Å². The maximum absolute atomic E-state index is 12.2. The molecule has 0 heterocycles. The van der Waals surface area contributed by atoms with Crippen molar-refractivity contribution in [3.05, 3.63) is 36.4 Å². The zero-order valence-corrected chi connectivity index (χ0v) is 12.9. The van der Waals surface area contributed by atoms with Gasteiger partial charge >= 0.3 is 5.97 Å². The Balaban J connectivity index is 2.86. The normalized spacial score (nSPS) is 11.1. The van der Waals surface area contributed by atoms with E-state index in [2.05, 4.69) is 6.58 Å². The summed E-state index contributed by atoms with van der Waals surface area (Å²) in [6.45, 7) is 3.61. The first-order valence-electron chi connectivity index (χ1n) is 6.67. The molecule has 0 fully saturated rings. The number of rotatable bonds is 9. The minimum Gasteiger partial charge on any atom is -0.496 e. The summed E-state index contributed by atoms with van der Waals surface area (Å²) in [5.41, 5.74) is -0.148. The smallest absolute Gasteiger partial charge is 0.339 e. The van der Waals surface area contributed by atoms with Crippen molar-refractivity contribution in [2.75, 3.05) is 12.9 Å². The van der Waals surface area contributed by atoms with Crippen LogP contribution in [0.1, 0.15) is 36.0 Å². The third-order valence-corrected chi connectivity index (χ3v) is 4.88. The van der Waals surface area contributed by atoms with Gasteiger partial charge < -0.3 is 9.84 Å². The Labute approximate surface area is 125 Å². The van der Waals surface area contributed by atoms with Gasteiger partial charge in [-0.25, -0.2) is 13.2 Å². The lowest BCUT2D eigenvalue weighted by molar-refractivity contribution is 0.0693. The predicted octanol–water partition coefficient (Wildman–Crippen LogP) is 2.91. The number of unbranched alkanes of at least 4 members (excludes halogenated alkanes) is 3. The van der Waals surface area contributed by atoms with Crippen LogP contribution >= 0.6 is 0 Å². The molecule has 0 aliphatic heterocycles. The molecule has 6 heteroatoms. The standard InChI is InChI=1S/C15H20O5S/c1-3-4-5-6-7-10-21(18,19)12-8-9-14(20-2)13(11-12)15(16)17/h3,8-9,11H,1,4-7,10H2,2H3,(H,16,17). The lowest BCUT2D eigenvalue weighted by atomic mass is 10.2. The molecule has 1 aromatic carbocycles. The maximum Gasteiger partial charge on any atom is 0.339 e. The summed E-state index contributed by atoms with van der Waals surface area (Å²) in [5.74, 6) is -1.06. The van der Waals surface area contributed by atoms with Gasteiger partial charge in [0.15, 0.2) is 9.84 Å². The van der Waals surface area contributed by atoms with Crippen LogP contribution in [0.2, 0.25) is 0 Å². The molecule has 0 atom stereocenters. The third kappa shape index (κ3) is 4.90. The van der Waals surface area contributed by atoms with Gasteiger partial charge in [0.2, 0.25) is 0 Å². The SMILES string of the molecule is C=CCCCCCS(=O)(=O)c1ccc(OC)c(C(=O)O)c1. The van der Waals surface area contributed by atoms with Crippen molar-refractivity contribution >= 4 is 15.8 Å². The van der Waals surface area contributed by atoms with Gasteiger partial charge in [0.05, 0.1) is 17.8 Å². The van der Waals surface area contributed by atoms with E-state index in [1.807, 2.05) is 0 Å². The summed E-state index contributed by atoms with van der Waals surface area (Å²) < 4.78 is 29.3. The molecule has 1 rings (SSSR count). The molecule has 0 unspecified atom stereocenters. The topological polar surface area (TPSA) is 80.7 Å². The number of hydrogen-bond acceptors (Lipinski definition) is 4. The number of benzene rings is 1. The monoisotopic (exact) mass is 312 g/mol. The first kappa shape index (κ1) is 17.2. The molecule has 1 N–H and O–H groups in total. The minimum absolute atomic E-state index is 0.00946. The zero-order valence-electron chi connectivity index (χ0n) is 12.0. The molecule has 0 saturated carbocycles. The molecule has 0 aromatic heterocycles. The highest BCUT2D eigenvalue weighted by molar-refractivity contribution is 7.91. The van der Waals surface area contributed by atoms with Crippen LogP contribution in [-0.4, -0.2) is 32.4 Å². The molecule has 5 nitrogen and oxygen atoms in total. The average Bonchev–Trinajstić information content (AvgIpc) is 2.46. The molecular weight excluding hydrogens is 292 g/mol. The van der Waals surface area contributed by atoms with Crippen molar-refractivity contribution in [1.29, 1.82) is 0 Å². The fourth-order valence-corrected chi connectivity index (χ4v) is 3.32. The van der Waals surface area contributed by atoms with Gasteiger partial charge in [-0.1, -0.05) is 12.5 Å². The average molecular weight is 312 g/mol. The van der Waals surface area contributed by atoms with Gasteiger partial charge in [0.1, 0.15) is 11.3 Å². The van der Waals surface area contributed by atoms with Crippen molar-refractivity contribution in [2.24, 2.45) is 0 Å². The molecule has 0 spiro atoms. The van der Waals surface area contributed by atoms with E-state index in [1.54, 1.807) is 6.08 Å². The van der Waals surface area contributed by atoms with E-state index in [0.29, 0.717) is 6.42 Å². The molecule has 0 bridgehead atoms. The number of allylic oxidation sites excluding steroid dienone is 1. The van der Waals surface area contributed by atoms with E-state index in [-0.39, 0.29) is 22.0 Å². The Morgan fingerprint density at radius 3 is 2.62 bits per heavy atom. The van der Waals surface area contributed by atoms with Gasteiger partial charge in [-0.2, -0.15) is 0 Å². The zero-order chi connectivity index (χ0) is 15.9. The molecule has 0 amide bonds. The number of carboxylic acids is 1. The van der Waals surface area contributed by atoms with Crippen molar-refractivity contribution in [2.45, 2.75) is 30.6 Å². The van der Waals surface area contributed by atoms with Crippen molar-refractivity contribution in [1.82, 2.24) is 0 Å². The lowest BCUT2D eigenvalue weighted by Gasteiger charge is -2.08. The molecule has 0 aliphatic rings. The summed E-state index contributed by atoms with van der Waals surface area (Å²) in [4.78, 5) is 11.1. The van der Waals surface area contributed by atoms with E-state index < -0.39 is 15.8 Å². The number of sulfone groups is 1. The molecule has 0 radical (unpaired) electrons. The van der Waals surface area contributed by atoms with Crippen LogP contribution in [0.5, 0.6) is 5.75 Å². The molecular formula is C15H20O5S. The second-order valence-corrected chi connectivity index (χ2v) is 6.73. The van der Waals surface area contributed by atoms with Gasteiger partial charge in [0, 0.05) is 0 Å². The Morgan fingerprint density at radius 2 is 2.05 bits per heavy atom. The lowest BCUT2D eigenvalue weighted by Crippen LogP contribution is -2.09. The van der Waals surface area contributed by atoms with E-state index in [1.165, 1.54) is 19.2 Å². The third-order valence-electron chi connectivity index (χ3n) is 3.08. The first-order chi connectivity index (χ1) is 9.92. The van der Waals surface area contributed by atoms with E-state index >= 15 is 0 Å². The molecule has 21 heavy (non-hydrogen) atoms. The summed E-state index contributed by atoms with van der Waals surface area (Å²) in [6, 6.07) is 3.90. The largest absolute Gasteiger partial charge is 0.496 e.